The van der Waals surface area contributed by atoms with Crippen LogP contribution in [0.25, 0.3) is 0 Å². The largest absolute Gasteiger partial charge is 0.373 e. The minimum absolute atomic E-state index is 0.147. The summed E-state index contributed by atoms with van der Waals surface area (Å²) >= 11 is 0. The fourth-order valence-electron chi connectivity index (χ4n) is 3.19. The first-order valence-electron chi connectivity index (χ1n) is 8.35. The fourth-order valence-corrected chi connectivity index (χ4v) is 3.19. The predicted octanol–water partition coefficient (Wildman–Crippen LogP) is 0.456. The van der Waals surface area contributed by atoms with Crippen molar-refractivity contribution < 1.29 is 14.3 Å². The van der Waals surface area contributed by atoms with Gasteiger partial charge in [0, 0.05) is 32.2 Å². The molecule has 0 aromatic heterocycles. The highest BCUT2D eigenvalue weighted by molar-refractivity contribution is 6.34. The summed E-state index contributed by atoms with van der Waals surface area (Å²) in [4.78, 5) is 28.3. The Kier molecular flexibility index (Phi) is 5.81. The van der Waals surface area contributed by atoms with E-state index in [0.717, 1.165) is 12.8 Å². The Morgan fingerprint density at radius 1 is 1.09 bits per heavy atom. The number of morpholine rings is 1. The molecule has 3 atom stereocenters. The van der Waals surface area contributed by atoms with Crippen LogP contribution >= 0.6 is 0 Å². The number of hydrogen-bond acceptors (Lipinski definition) is 4. The molecule has 0 spiro atoms. The topological polar surface area (TPSA) is 75.9 Å². The van der Waals surface area contributed by atoms with Gasteiger partial charge in [-0.15, -0.1) is 0 Å². The van der Waals surface area contributed by atoms with Crippen molar-refractivity contribution in [1.82, 2.24) is 9.80 Å². The SMILES string of the molecule is CC(C)C1CCCN(C(=O)C(=O)N2CCOC(C(C)N)C2)C1. The van der Waals surface area contributed by atoms with Crippen molar-refractivity contribution in [1.29, 1.82) is 0 Å². The fraction of sp³-hybridized carbons (Fsp3) is 0.875. The minimum Gasteiger partial charge on any atom is -0.373 e. The van der Waals surface area contributed by atoms with E-state index in [9.17, 15) is 9.59 Å². The molecule has 0 aliphatic carbocycles. The quantitative estimate of drug-likeness (QED) is 0.752. The van der Waals surface area contributed by atoms with E-state index in [-0.39, 0.29) is 18.1 Å². The number of piperidine rings is 1. The van der Waals surface area contributed by atoms with Gasteiger partial charge in [0.25, 0.3) is 0 Å². The van der Waals surface area contributed by atoms with Crippen molar-refractivity contribution >= 4 is 11.8 Å². The van der Waals surface area contributed by atoms with Gasteiger partial charge in [-0.2, -0.15) is 0 Å². The molecule has 2 amide bonds. The molecule has 126 valence electrons. The van der Waals surface area contributed by atoms with E-state index in [1.54, 1.807) is 9.80 Å². The zero-order valence-corrected chi connectivity index (χ0v) is 14.0. The molecular weight excluding hydrogens is 282 g/mol. The Morgan fingerprint density at radius 3 is 2.32 bits per heavy atom. The Morgan fingerprint density at radius 2 is 1.73 bits per heavy atom. The molecule has 0 saturated carbocycles. The molecule has 22 heavy (non-hydrogen) atoms. The zero-order valence-electron chi connectivity index (χ0n) is 14.0. The number of amides is 2. The van der Waals surface area contributed by atoms with Crippen LogP contribution in [0.3, 0.4) is 0 Å². The van der Waals surface area contributed by atoms with Crippen molar-refractivity contribution in [2.24, 2.45) is 17.6 Å². The molecule has 2 aliphatic rings. The molecule has 2 aliphatic heterocycles. The number of ether oxygens (including phenoxy) is 1. The molecule has 3 unspecified atom stereocenters. The van der Waals surface area contributed by atoms with Gasteiger partial charge in [0.05, 0.1) is 12.7 Å². The van der Waals surface area contributed by atoms with Crippen LogP contribution in [-0.2, 0) is 14.3 Å². The van der Waals surface area contributed by atoms with E-state index >= 15 is 0 Å². The maximum absolute atomic E-state index is 12.5. The lowest BCUT2D eigenvalue weighted by molar-refractivity contribution is -0.157. The number of nitrogens with two attached hydrogens (primary N) is 1. The molecule has 2 saturated heterocycles. The Bertz CT molecular complexity index is 373. The van der Waals surface area contributed by atoms with Gasteiger partial charge in [-0.3, -0.25) is 9.59 Å². The van der Waals surface area contributed by atoms with Gasteiger partial charge in [0.2, 0.25) is 0 Å². The Hall–Kier alpha value is -1.14. The van der Waals surface area contributed by atoms with E-state index < -0.39 is 5.91 Å². The van der Waals surface area contributed by atoms with Crippen molar-refractivity contribution in [2.75, 3.05) is 32.8 Å². The maximum Gasteiger partial charge on any atom is 0.312 e. The van der Waals surface area contributed by atoms with Gasteiger partial charge in [-0.25, -0.2) is 0 Å². The van der Waals surface area contributed by atoms with E-state index in [1.165, 1.54) is 0 Å². The van der Waals surface area contributed by atoms with Crippen molar-refractivity contribution in [2.45, 2.75) is 45.8 Å². The molecule has 0 bridgehead atoms. The summed E-state index contributed by atoms with van der Waals surface area (Å²) < 4.78 is 5.55. The molecule has 0 aromatic carbocycles. The zero-order chi connectivity index (χ0) is 16.3. The van der Waals surface area contributed by atoms with Crippen LogP contribution in [0.5, 0.6) is 0 Å². The summed E-state index contributed by atoms with van der Waals surface area (Å²) in [7, 11) is 0. The second kappa shape index (κ2) is 7.42. The molecule has 2 rings (SSSR count). The molecule has 2 heterocycles. The molecular formula is C16H29N3O3. The summed E-state index contributed by atoms with van der Waals surface area (Å²) in [6, 6.07) is -0.147. The predicted molar refractivity (Wildman–Crippen MR) is 84.1 cm³/mol. The third-order valence-electron chi connectivity index (χ3n) is 4.84. The summed E-state index contributed by atoms with van der Waals surface area (Å²) in [6.07, 6.45) is 1.93. The van der Waals surface area contributed by atoms with Crippen LogP contribution in [0.2, 0.25) is 0 Å². The second-order valence-electron chi connectivity index (χ2n) is 6.92. The highest BCUT2D eigenvalue weighted by Gasteiger charge is 2.34. The van der Waals surface area contributed by atoms with Gasteiger partial charge >= 0.3 is 11.8 Å². The van der Waals surface area contributed by atoms with Crippen LogP contribution in [0.1, 0.15) is 33.6 Å². The summed E-state index contributed by atoms with van der Waals surface area (Å²) in [5, 5.41) is 0. The average Bonchev–Trinajstić information content (AvgIpc) is 2.53. The van der Waals surface area contributed by atoms with Crippen LogP contribution in [0, 0.1) is 11.8 Å². The molecule has 2 fully saturated rings. The highest BCUT2D eigenvalue weighted by atomic mass is 16.5. The summed E-state index contributed by atoms with van der Waals surface area (Å²) in [5.41, 5.74) is 5.84. The molecule has 0 radical (unpaired) electrons. The number of carbonyl (C=O) groups excluding carboxylic acids is 2. The average molecular weight is 311 g/mol. The standard InChI is InChI=1S/C16H29N3O3/c1-11(2)13-5-4-6-18(9-13)15(20)16(21)19-7-8-22-14(10-19)12(3)17/h11-14H,4-10,17H2,1-3H3. The van der Waals surface area contributed by atoms with Crippen molar-refractivity contribution in [3.63, 3.8) is 0 Å². The normalized spacial score (nSPS) is 27.9. The molecule has 6 heteroatoms. The maximum atomic E-state index is 12.5. The number of likely N-dealkylation sites (tertiary alicyclic amines) is 1. The van der Waals surface area contributed by atoms with Crippen LogP contribution in [-0.4, -0.2) is 66.5 Å². The lowest BCUT2D eigenvalue weighted by Crippen LogP contribution is -2.56. The number of hydrogen-bond donors (Lipinski definition) is 1. The first-order chi connectivity index (χ1) is 10.4. The van der Waals surface area contributed by atoms with E-state index in [0.29, 0.717) is 44.6 Å². The third kappa shape index (κ3) is 3.98. The van der Waals surface area contributed by atoms with Crippen molar-refractivity contribution in [3.8, 4) is 0 Å². The van der Waals surface area contributed by atoms with Gasteiger partial charge in [-0.1, -0.05) is 13.8 Å². The molecule has 0 aromatic rings. The highest BCUT2D eigenvalue weighted by Crippen LogP contribution is 2.23. The van der Waals surface area contributed by atoms with E-state index in [2.05, 4.69) is 13.8 Å². The Balaban J connectivity index is 1.95. The van der Waals surface area contributed by atoms with E-state index in [1.807, 2.05) is 6.92 Å². The van der Waals surface area contributed by atoms with Gasteiger partial charge in [0.15, 0.2) is 0 Å². The van der Waals surface area contributed by atoms with Crippen molar-refractivity contribution in [3.05, 3.63) is 0 Å². The smallest absolute Gasteiger partial charge is 0.312 e. The van der Waals surface area contributed by atoms with Gasteiger partial charge in [0.1, 0.15) is 0 Å². The lowest BCUT2D eigenvalue weighted by Gasteiger charge is -2.37. The monoisotopic (exact) mass is 311 g/mol. The van der Waals surface area contributed by atoms with Gasteiger partial charge < -0.3 is 20.3 Å². The summed E-state index contributed by atoms with van der Waals surface area (Å²) in [6.45, 7) is 8.92. The van der Waals surface area contributed by atoms with E-state index in [4.69, 9.17) is 10.5 Å². The molecule has 6 nitrogen and oxygen atoms in total. The number of carbonyl (C=O) groups is 2. The number of nitrogens with zero attached hydrogens (tertiary/aromatic N) is 2. The first-order valence-corrected chi connectivity index (χ1v) is 8.35. The Labute approximate surface area is 132 Å². The second-order valence-corrected chi connectivity index (χ2v) is 6.92. The van der Waals surface area contributed by atoms with Crippen LogP contribution in [0.15, 0.2) is 0 Å². The van der Waals surface area contributed by atoms with Gasteiger partial charge in [-0.05, 0) is 31.6 Å². The number of rotatable bonds is 2. The minimum atomic E-state index is -0.404. The van der Waals surface area contributed by atoms with Crippen LogP contribution in [0.4, 0.5) is 0 Å². The first kappa shape index (κ1) is 17.2. The molecule has 2 N–H and O–H groups in total. The third-order valence-corrected chi connectivity index (χ3v) is 4.84. The lowest BCUT2D eigenvalue weighted by atomic mass is 9.88. The summed E-state index contributed by atoms with van der Waals surface area (Å²) in [5.74, 6) is 0.262. The van der Waals surface area contributed by atoms with Crippen LogP contribution < -0.4 is 5.73 Å².